The molecule has 1 fully saturated rings. The number of aliphatic hydroxyl groups is 1. The highest BCUT2D eigenvalue weighted by Crippen LogP contribution is 2.29. The smallest absolute Gasteiger partial charge is 0.161 e. The molecule has 0 amide bonds. The maximum absolute atomic E-state index is 10.5. The van der Waals surface area contributed by atoms with Crippen molar-refractivity contribution < 1.29 is 14.6 Å². The van der Waals surface area contributed by atoms with Crippen LogP contribution in [-0.2, 0) is 25.9 Å². The van der Waals surface area contributed by atoms with E-state index in [-0.39, 0.29) is 6.61 Å². The number of benzene rings is 1. The zero-order valence-electron chi connectivity index (χ0n) is 19.5. The fourth-order valence-electron chi connectivity index (χ4n) is 5.04. The van der Waals surface area contributed by atoms with Gasteiger partial charge in [0.1, 0.15) is 12.7 Å². The van der Waals surface area contributed by atoms with E-state index in [1.807, 2.05) is 18.2 Å². The van der Waals surface area contributed by atoms with Crippen molar-refractivity contribution in [2.75, 3.05) is 27.3 Å². The van der Waals surface area contributed by atoms with E-state index >= 15 is 0 Å². The number of aliphatic hydroxyl groups excluding tert-OH is 1. The van der Waals surface area contributed by atoms with Gasteiger partial charge in [0.05, 0.1) is 12.8 Å². The van der Waals surface area contributed by atoms with E-state index in [9.17, 15) is 5.11 Å². The fourth-order valence-corrected chi connectivity index (χ4v) is 5.04. The van der Waals surface area contributed by atoms with E-state index in [4.69, 9.17) is 9.47 Å². The minimum atomic E-state index is -0.524. The van der Waals surface area contributed by atoms with Crippen LogP contribution in [0.2, 0.25) is 0 Å². The number of hydrogen-bond donors (Lipinski definition) is 3. The van der Waals surface area contributed by atoms with Gasteiger partial charge in [-0.25, -0.2) is 0 Å². The summed E-state index contributed by atoms with van der Waals surface area (Å²) in [4.78, 5) is 2.29. The largest absolute Gasteiger partial charge is 0.493 e. The van der Waals surface area contributed by atoms with Gasteiger partial charge in [0.25, 0.3) is 0 Å². The van der Waals surface area contributed by atoms with Crippen LogP contribution >= 0.6 is 0 Å². The molecule has 1 aromatic carbocycles. The standard InChI is InChI=1S/C25H38N4O3/c1-29(19-7-4-3-5-8-19)16-20(30)17-32-24-12-11-18(13-25(24)31-2)14-26-15-23-21-9-6-10-22(21)27-28-23/h11-13,19-20,26,30H,3-10,14-17H2,1-2H3,(H,27,28)/t20-/m0/s1. The molecule has 0 radical (unpaired) electrons. The van der Waals surface area contributed by atoms with Crippen molar-refractivity contribution in [2.24, 2.45) is 0 Å². The molecule has 0 unspecified atom stereocenters. The molecule has 2 aliphatic carbocycles. The van der Waals surface area contributed by atoms with Crippen LogP contribution in [0.5, 0.6) is 11.5 Å². The van der Waals surface area contributed by atoms with Crippen LogP contribution in [0.4, 0.5) is 0 Å². The summed E-state index contributed by atoms with van der Waals surface area (Å²) in [6, 6.07) is 6.56. The number of hydrogen-bond acceptors (Lipinski definition) is 6. The Balaban J connectivity index is 1.24. The normalized spacial score (nSPS) is 17.5. The van der Waals surface area contributed by atoms with Crippen LogP contribution in [0.25, 0.3) is 0 Å². The van der Waals surface area contributed by atoms with E-state index in [0.29, 0.717) is 24.1 Å². The third-order valence-corrected chi connectivity index (χ3v) is 6.87. The lowest BCUT2D eigenvalue weighted by Crippen LogP contribution is -2.40. The maximum atomic E-state index is 10.5. The number of methoxy groups -OCH3 is 1. The monoisotopic (exact) mass is 442 g/mol. The van der Waals surface area contributed by atoms with Crippen LogP contribution in [-0.4, -0.2) is 59.7 Å². The van der Waals surface area contributed by atoms with Gasteiger partial charge in [0.2, 0.25) is 0 Å². The lowest BCUT2D eigenvalue weighted by atomic mass is 9.94. The molecule has 2 aromatic rings. The Hall–Kier alpha value is -2.09. The zero-order valence-corrected chi connectivity index (χ0v) is 19.5. The Labute approximate surface area is 191 Å². The molecule has 0 aliphatic heterocycles. The van der Waals surface area contributed by atoms with Crippen molar-refractivity contribution in [1.82, 2.24) is 20.4 Å². The van der Waals surface area contributed by atoms with Crippen molar-refractivity contribution in [3.05, 3.63) is 40.7 Å². The van der Waals surface area contributed by atoms with Gasteiger partial charge in [-0.15, -0.1) is 0 Å². The number of fused-ring (bicyclic) bond motifs is 1. The first-order chi connectivity index (χ1) is 15.6. The SMILES string of the molecule is COc1cc(CNCc2n[nH]c3c2CCC3)ccc1OC[C@@H](O)CN(C)C1CCCCC1. The number of aromatic nitrogens is 2. The third kappa shape index (κ3) is 5.82. The number of aromatic amines is 1. The number of ether oxygens (including phenoxy) is 2. The molecule has 2 aliphatic rings. The van der Waals surface area contributed by atoms with Crippen LogP contribution in [0.3, 0.4) is 0 Å². The van der Waals surface area contributed by atoms with Crippen molar-refractivity contribution in [3.8, 4) is 11.5 Å². The Morgan fingerprint density at radius 1 is 1.16 bits per heavy atom. The van der Waals surface area contributed by atoms with Crippen molar-refractivity contribution in [2.45, 2.75) is 76.6 Å². The molecule has 176 valence electrons. The molecule has 7 heteroatoms. The summed E-state index contributed by atoms with van der Waals surface area (Å²) in [6.45, 7) is 2.38. The lowest BCUT2D eigenvalue weighted by Gasteiger charge is -2.32. The third-order valence-electron chi connectivity index (χ3n) is 6.87. The molecule has 1 atom stereocenters. The zero-order chi connectivity index (χ0) is 22.3. The van der Waals surface area contributed by atoms with Crippen molar-refractivity contribution >= 4 is 0 Å². The van der Waals surface area contributed by atoms with Crippen LogP contribution < -0.4 is 14.8 Å². The second-order valence-corrected chi connectivity index (χ2v) is 9.27. The quantitative estimate of drug-likeness (QED) is 0.496. The van der Waals surface area contributed by atoms with Gasteiger partial charge >= 0.3 is 0 Å². The molecule has 1 heterocycles. The summed E-state index contributed by atoms with van der Waals surface area (Å²) in [5.41, 5.74) is 4.96. The van der Waals surface area contributed by atoms with Crippen LogP contribution in [0, 0.1) is 0 Å². The van der Waals surface area contributed by atoms with Gasteiger partial charge in [0, 0.05) is 31.4 Å². The molecule has 0 saturated heterocycles. The summed E-state index contributed by atoms with van der Waals surface area (Å²) >= 11 is 0. The summed E-state index contributed by atoms with van der Waals surface area (Å²) in [6.07, 6.45) is 9.34. The number of aryl methyl sites for hydroxylation is 1. The molecular weight excluding hydrogens is 404 g/mol. The molecule has 32 heavy (non-hydrogen) atoms. The summed E-state index contributed by atoms with van der Waals surface area (Å²) in [5, 5.41) is 21.6. The number of likely N-dealkylation sites (N-methyl/N-ethyl adjacent to an activating group) is 1. The summed E-state index contributed by atoms with van der Waals surface area (Å²) < 4.78 is 11.5. The van der Waals surface area contributed by atoms with E-state index in [2.05, 4.69) is 27.5 Å². The summed E-state index contributed by atoms with van der Waals surface area (Å²) in [5.74, 6) is 1.36. The van der Waals surface area contributed by atoms with Gasteiger partial charge in [-0.1, -0.05) is 25.3 Å². The maximum Gasteiger partial charge on any atom is 0.161 e. The van der Waals surface area contributed by atoms with E-state index < -0.39 is 6.10 Å². The lowest BCUT2D eigenvalue weighted by molar-refractivity contribution is 0.0553. The van der Waals surface area contributed by atoms with Gasteiger partial charge in [0.15, 0.2) is 11.5 Å². The summed E-state index contributed by atoms with van der Waals surface area (Å²) in [7, 11) is 3.76. The number of rotatable bonds is 11. The highest BCUT2D eigenvalue weighted by atomic mass is 16.5. The highest BCUT2D eigenvalue weighted by molar-refractivity contribution is 5.43. The van der Waals surface area contributed by atoms with E-state index in [1.165, 1.54) is 49.8 Å². The molecule has 1 saturated carbocycles. The number of nitrogens with one attached hydrogen (secondary N) is 2. The predicted molar refractivity (Wildman–Crippen MR) is 125 cm³/mol. The second-order valence-electron chi connectivity index (χ2n) is 9.27. The minimum Gasteiger partial charge on any atom is -0.493 e. The highest BCUT2D eigenvalue weighted by Gasteiger charge is 2.21. The molecule has 0 bridgehead atoms. The minimum absolute atomic E-state index is 0.259. The fraction of sp³-hybridized carbons (Fsp3) is 0.640. The Morgan fingerprint density at radius 2 is 2.00 bits per heavy atom. The molecule has 7 nitrogen and oxygen atoms in total. The van der Waals surface area contributed by atoms with Gasteiger partial charge < -0.3 is 24.8 Å². The van der Waals surface area contributed by atoms with E-state index in [0.717, 1.165) is 37.2 Å². The number of H-pyrrole nitrogens is 1. The molecule has 0 spiro atoms. The van der Waals surface area contributed by atoms with Gasteiger partial charge in [-0.3, -0.25) is 5.10 Å². The molecule has 1 aromatic heterocycles. The van der Waals surface area contributed by atoms with Crippen molar-refractivity contribution in [1.29, 1.82) is 0 Å². The van der Waals surface area contributed by atoms with Crippen LogP contribution in [0.1, 0.15) is 61.0 Å². The van der Waals surface area contributed by atoms with Crippen molar-refractivity contribution in [3.63, 3.8) is 0 Å². The Kier molecular flexibility index (Phi) is 8.05. The van der Waals surface area contributed by atoms with Gasteiger partial charge in [-0.05, 0) is 62.4 Å². The molecular formula is C25H38N4O3. The average molecular weight is 443 g/mol. The molecule has 3 N–H and O–H groups in total. The predicted octanol–water partition coefficient (Wildman–Crippen LogP) is 3.20. The topological polar surface area (TPSA) is 82.6 Å². The Morgan fingerprint density at radius 3 is 2.81 bits per heavy atom. The van der Waals surface area contributed by atoms with E-state index in [1.54, 1.807) is 7.11 Å². The first-order valence-corrected chi connectivity index (χ1v) is 12.1. The van der Waals surface area contributed by atoms with Gasteiger partial charge in [-0.2, -0.15) is 5.10 Å². The first kappa shape index (κ1) is 23.1. The average Bonchev–Trinajstić information content (AvgIpc) is 3.43. The molecule has 4 rings (SSSR count). The first-order valence-electron chi connectivity index (χ1n) is 12.1. The van der Waals surface area contributed by atoms with Crippen LogP contribution in [0.15, 0.2) is 18.2 Å². The Bertz CT molecular complexity index is 863. The number of nitrogens with zero attached hydrogens (tertiary/aromatic N) is 2. The second kappa shape index (κ2) is 11.2.